The van der Waals surface area contributed by atoms with Gasteiger partial charge in [-0.3, -0.25) is 5.43 Å². The van der Waals surface area contributed by atoms with E-state index in [4.69, 9.17) is 23.2 Å². The molecule has 2 rings (SSSR count). The molecule has 0 atom stereocenters. The first kappa shape index (κ1) is 15.4. The number of pyridine rings is 1. The van der Waals surface area contributed by atoms with E-state index in [2.05, 4.69) is 15.5 Å². The summed E-state index contributed by atoms with van der Waals surface area (Å²) in [5.41, 5.74) is 4.49. The second kappa shape index (κ2) is 7.11. The van der Waals surface area contributed by atoms with Crippen LogP contribution in [0.1, 0.15) is 12.5 Å². The number of hydrogen-bond donors (Lipinski definition) is 2. The van der Waals surface area contributed by atoms with Gasteiger partial charge in [0, 0.05) is 6.20 Å². The highest BCUT2D eigenvalue weighted by atomic mass is 35.5. The van der Waals surface area contributed by atoms with Crippen LogP contribution in [-0.4, -0.2) is 15.8 Å². The number of benzene rings is 1. The number of phenolic OH excluding ortho intramolecular Hbond substituents is 1. The van der Waals surface area contributed by atoms with E-state index >= 15 is 0 Å². The van der Waals surface area contributed by atoms with E-state index in [-0.39, 0.29) is 5.75 Å². The molecule has 2 aromatic rings. The van der Waals surface area contributed by atoms with Gasteiger partial charge in [-0.25, -0.2) is 4.98 Å². The number of nitrogens with zero attached hydrogens (tertiary/aromatic N) is 2. The molecule has 0 radical (unpaired) electrons. The molecule has 0 saturated heterocycles. The Bertz CT molecular complexity index is 682. The molecule has 1 aromatic carbocycles. The van der Waals surface area contributed by atoms with E-state index in [0.29, 0.717) is 15.9 Å². The van der Waals surface area contributed by atoms with E-state index in [9.17, 15) is 5.11 Å². The number of halogens is 2. The monoisotopic (exact) mass is 321 g/mol. The topological polar surface area (TPSA) is 57.5 Å². The van der Waals surface area contributed by atoms with Gasteiger partial charge in [0.15, 0.2) is 5.82 Å². The number of rotatable bonds is 4. The Hall–Kier alpha value is -2.04. The smallest absolute Gasteiger partial charge is 0.165 e. The number of hydrogen-bond acceptors (Lipinski definition) is 4. The molecule has 1 heterocycles. The average Bonchev–Trinajstić information content (AvgIpc) is 2.46. The normalized spacial score (nSPS) is 11.9. The third-order valence-electron chi connectivity index (χ3n) is 2.56. The van der Waals surface area contributed by atoms with E-state index in [1.807, 2.05) is 31.2 Å². The maximum absolute atomic E-state index is 9.20. The van der Waals surface area contributed by atoms with Crippen LogP contribution in [-0.2, 0) is 0 Å². The molecular formula is C15H13Cl2N3O. The summed E-state index contributed by atoms with van der Waals surface area (Å²) < 4.78 is 0. The van der Waals surface area contributed by atoms with Gasteiger partial charge in [-0.05, 0) is 36.8 Å². The molecule has 4 nitrogen and oxygen atoms in total. The highest BCUT2D eigenvalue weighted by Crippen LogP contribution is 2.22. The number of allylic oxidation sites excluding steroid dienone is 1. The van der Waals surface area contributed by atoms with E-state index in [0.717, 1.165) is 11.3 Å². The molecule has 0 saturated carbocycles. The van der Waals surface area contributed by atoms with Crippen molar-refractivity contribution in [1.29, 1.82) is 0 Å². The maximum Gasteiger partial charge on any atom is 0.165 e. The zero-order valence-corrected chi connectivity index (χ0v) is 12.7. The van der Waals surface area contributed by atoms with Gasteiger partial charge in [0.25, 0.3) is 0 Å². The SMILES string of the molecule is CC(/C=C/c1ccc(O)cc1)=NNc1ncc(Cl)cc1Cl. The lowest BCUT2D eigenvalue weighted by Crippen LogP contribution is -1.97. The quantitative estimate of drug-likeness (QED) is 0.639. The van der Waals surface area contributed by atoms with E-state index in [1.54, 1.807) is 18.2 Å². The minimum absolute atomic E-state index is 0.239. The van der Waals surface area contributed by atoms with Crippen LogP contribution in [0.25, 0.3) is 6.08 Å². The second-order valence-corrected chi connectivity index (χ2v) is 5.12. The Morgan fingerprint density at radius 1 is 1.29 bits per heavy atom. The molecule has 0 amide bonds. The van der Waals surface area contributed by atoms with E-state index < -0.39 is 0 Å². The first-order valence-corrected chi connectivity index (χ1v) is 6.88. The van der Waals surface area contributed by atoms with Crippen LogP contribution in [0.5, 0.6) is 5.75 Å². The fraction of sp³-hybridized carbons (Fsp3) is 0.0667. The van der Waals surface area contributed by atoms with Gasteiger partial charge in [0.05, 0.1) is 15.8 Å². The summed E-state index contributed by atoms with van der Waals surface area (Å²) in [6, 6.07) is 8.47. The second-order valence-electron chi connectivity index (χ2n) is 4.27. The predicted molar refractivity (Wildman–Crippen MR) is 88.1 cm³/mol. The average molecular weight is 322 g/mol. The summed E-state index contributed by atoms with van der Waals surface area (Å²) in [5, 5.41) is 14.2. The standard InChI is InChI=1S/C15H13Cl2N3O/c1-10(2-3-11-4-6-13(21)7-5-11)19-20-15-14(17)8-12(16)9-18-15/h2-9,21H,1H3,(H,18,20)/b3-2+,19-10?. The number of nitrogens with one attached hydrogen (secondary N) is 1. The van der Waals surface area contributed by atoms with Gasteiger partial charge >= 0.3 is 0 Å². The molecule has 21 heavy (non-hydrogen) atoms. The minimum atomic E-state index is 0.239. The number of aromatic hydroxyl groups is 1. The maximum atomic E-state index is 9.20. The molecule has 0 unspecified atom stereocenters. The van der Waals surface area contributed by atoms with Gasteiger partial charge in [0.1, 0.15) is 5.75 Å². The highest BCUT2D eigenvalue weighted by Gasteiger charge is 2.01. The van der Waals surface area contributed by atoms with Gasteiger partial charge in [-0.15, -0.1) is 0 Å². The third-order valence-corrected chi connectivity index (χ3v) is 3.05. The van der Waals surface area contributed by atoms with Crippen molar-refractivity contribution in [2.75, 3.05) is 5.43 Å². The summed E-state index contributed by atoms with van der Waals surface area (Å²) in [4.78, 5) is 4.04. The molecule has 0 aliphatic carbocycles. The lowest BCUT2D eigenvalue weighted by Gasteiger charge is -2.02. The van der Waals surface area contributed by atoms with Crippen LogP contribution in [0, 0.1) is 0 Å². The molecule has 0 aliphatic heterocycles. The fourth-order valence-corrected chi connectivity index (χ4v) is 1.90. The first-order chi connectivity index (χ1) is 10.0. The van der Waals surface area contributed by atoms with Crippen molar-refractivity contribution in [3.05, 3.63) is 58.2 Å². The molecule has 0 fully saturated rings. The molecule has 0 spiro atoms. The van der Waals surface area contributed by atoms with Crippen molar-refractivity contribution >= 4 is 40.8 Å². The fourth-order valence-electron chi connectivity index (χ4n) is 1.48. The summed E-state index contributed by atoms with van der Waals surface area (Å²) in [5.74, 6) is 0.682. The molecule has 0 aliphatic rings. The zero-order chi connectivity index (χ0) is 15.2. The molecule has 108 valence electrons. The van der Waals surface area contributed by atoms with Crippen LogP contribution in [0.15, 0.2) is 47.7 Å². The van der Waals surface area contributed by atoms with Crippen LogP contribution >= 0.6 is 23.2 Å². The molecule has 2 N–H and O–H groups in total. The molecule has 0 bridgehead atoms. The van der Waals surface area contributed by atoms with Crippen molar-refractivity contribution in [2.24, 2.45) is 5.10 Å². The van der Waals surface area contributed by atoms with Crippen LogP contribution in [0.4, 0.5) is 5.82 Å². The van der Waals surface area contributed by atoms with Crippen LogP contribution < -0.4 is 5.43 Å². The largest absolute Gasteiger partial charge is 0.508 e. The van der Waals surface area contributed by atoms with Gasteiger partial charge in [-0.2, -0.15) is 5.10 Å². The number of anilines is 1. The summed E-state index contributed by atoms with van der Waals surface area (Å²) in [6.45, 7) is 1.84. The van der Waals surface area contributed by atoms with Gasteiger partial charge < -0.3 is 5.11 Å². The van der Waals surface area contributed by atoms with Crippen molar-refractivity contribution in [3.63, 3.8) is 0 Å². The van der Waals surface area contributed by atoms with Crippen LogP contribution in [0.3, 0.4) is 0 Å². The number of phenols is 1. The Morgan fingerprint density at radius 3 is 2.67 bits per heavy atom. The molecule has 1 aromatic heterocycles. The summed E-state index contributed by atoms with van der Waals surface area (Å²) in [6.07, 6.45) is 5.22. The number of aromatic nitrogens is 1. The Labute approximate surface area is 132 Å². The number of hydrazone groups is 1. The lowest BCUT2D eigenvalue weighted by atomic mass is 10.2. The van der Waals surface area contributed by atoms with E-state index in [1.165, 1.54) is 6.20 Å². The van der Waals surface area contributed by atoms with Crippen molar-refractivity contribution in [3.8, 4) is 5.75 Å². The summed E-state index contributed by atoms with van der Waals surface area (Å²) in [7, 11) is 0. The first-order valence-electron chi connectivity index (χ1n) is 6.13. The zero-order valence-electron chi connectivity index (χ0n) is 11.2. The molecule has 6 heteroatoms. The van der Waals surface area contributed by atoms with Crippen molar-refractivity contribution < 1.29 is 5.11 Å². The van der Waals surface area contributed by atoms with Gasteiger partial charge in [0.2, 0.25) is 0 Å². The van der Waals surface area contributed by atoms with Crippen LogP contribution in [0.2, 0.25) is 10.0 Å². The Kier molecular flexibility index (Phi) is 5.20. The Morgan fingerprint density at radius 2 is 2.00 bits per heavy atom. The Balaban J connectivity index is 2.02. The van der Waals surface area contributed by atoms with Crippen molar-refractivity contribution in [2.45, 2.75) is 6.92 Å². The molecular weight excluding hydrogens is 309 g/mol. The minimum Gasteiger partial charge on any atom is -0.508 e. The van der Waals surface area contributed by atoms with Crippen molar-refractivity contribution in [1.82, 2.24) is 4.98 Å². The third kappa shape index (κ3) is 4.77. The highest BCUT2D eigenvalue weighted by molar-refractivity contribution is 6.35. The predicted octanol–water partition coefficient (Wildman–Crippen LogP) is 4.60. The summed E-state index contributed by atoms with van der Waals surface area (Å²) >= 11 is 11.7. The van der Waals surface area contributed by atoms with Gasteiger partial charge in [-0.1, -0.05) is 41.4 Å². The lowest BCUT2D eigenvalue weighted by molar-refractivity contribution is 0.475.